The van der Waals surface area contributed by atoms with Crippen molar-refractivity contribution >= 4 is 11.9 Å². The highest BCUT2D eigenvalue weighted by Gasteiger charge is 2.29. The van der Waals surface area contributed by atoms with Crippen molar-refractivity contribution < 1.29 is 23.8 Å². The molecule has 2 rings (SSSR count). The Bertz CT molecular complexity index is 506. The van der Waals surface area contributed by atoms with Crippen molar-refractivity contribution in [1.82, 2.24) is 4.90 Å². The highest BCUT2D eigenvalue weighted by molar-refractivity contribution is 5.78. The minimum absolute atomic E-state index is 0.0150. The highest BCUT2D eigenvalue weighted by atomic mass is 19.1. The van der Waals surface area contributed by atoms with Gasteiger partial charge in [-0.2, -0.15) is 0 Å². The number of nitrogens with zero attached hydrogens (tertiary/aromatic N) is 1. The van der Waals surface area contributed by atoms with E-state index in [0.29, 0.717) is 18.6 Å². The minimum Gasteiger partial charge on any atom is -0.481 e. The molecule has 1 aliphatic heterocycles. The SMILES string of the molecule is O=C(O)CCC1COCC(=O)N1Cc1cccc(F)c1. The first-order chi connectivity index (χ1) is 9.56. The van der Waals surface area contributed by atoms with Crippen molar-refractivity contribution in [2.45, 2.75) is 25.4 Å². The van der Waals surface area contributed by atoms with Gasteiger partial charge < -0.3 is 14.7 Å². The van der Waals surface area contributed by atoms with Crippen molar-refractivity contribution in [3.8, 4) is 0 Å². The summed E-state index contributed by atoms with van der Waals surface area (Å²) in [6.07, 6.45) is 0.303. The van der Waals surface area contributed by atoms with Gasteiger partial charge in [0.1, 0.15) is 12.4 Å². The molecular formula is C14H16FNO4. The average molecular weight is 281 g/mol. The van der Waals surface area contributed by atoms with E-state index < -0.39 is 5.97 Å². The number of carbonyl (C=O) groups excluding carboxylic acids is 1. The molecule has 5 nitrogen and oxygen atoms in total. The van der Waals surface area contributed by atoms with E-state index in [1.165, 1.54) is 12.1 Å². The molecule has 1 aromatic rings. The van der Waals surface area contributed by atoms with Gasteiger partial charge in [-0.25, -0.2) is 4.39 Å². The summed E-state index contributed by atoms with van der Waals surface area (Å²) < 4.78 is 18.3. The van der Waals surface area contributed by atoms with E-state index in [2.05, 4.69) is 0 Å². The lowest BCUT2D eigenvalue weighted by Crippen LogP contribution is -2.49. The highest BCUT2D eigenvalue weighted by Crippen LogP contribution is 2.17. The Labute approximate surface area is 116 Å². The van der Waals surface area contributed by atoms with Crippen molar-refractivity contribution in [3.63, 3.8) is 0 Å². The van der Waals surface area contributed by atoms with Gasteiger partial charge in [-0.3, -0.25) is 9.59 Å². The van der Waals surface area contributed by atoms with Crippen LogP contribution in [0.25, 0.3) is 0 Å². The van der Waals surface area contributed by atoms with E-state index >= 15 is 0 Å². The Balaban J connectivity index is 2.07. The van der Waals surface area contributed by atoms with Crippen molar-refractivity contribution in [1.29, 1.82) is 0 Å². The molecule has 0 saturated carbocycles. The number of amides is 1. The summed E-state index contributed by atoms with van der Waals surface area (Å²) in [5.41, 5.74) is 0.681. The Morgan fingerprint density at radius 1 is 1.50 bits per heavy atom. The third-order valence-electron chi connectivity index (χ3n) is 3.23. The monoisotopic (exact) mass is 281 g/mol. The molecule has 0 spiro atoms. The Morgan fingerprint density at radius 2 is 2.30 bits per heavy atom. The first-order valence-corrected chi connectivity index (χ1v) is 6.39. The third kappa shape index (κ3) is 3.77. The Kier molecular flexibility index (Phi) is 4.68. The predicted octanol–water partition coefficient (Wildman–Crippen LogP) is 1.42. The van der Waals surface area contributed by atoms with Gasteiger partial charge >= 0.3 is 5.97 Å². The summed E-state index contributed by atoms with van der Waals surface area (Å²) in [4.78, 5) is 24.1. The minimum atomic E-state index is -0.909. The molecule has 1 aromatic carbocycles. The number of hydrogen-bond acceptors (Lipinski definition) is 3. The van der Waals surface area contributed by atoms with Crippen molar-refractivity contribution in [2.75, 3.05) is 13.2 Å². The van der Waals surface area contributed by atoms with Crippen molar-refractivity contribution in [2.24, 2.45) is 0 Å². The number of benzene rings is 1. The average Bonchev–Trinajstić information content (AvgIpc) is 2.39. The first-order valence-electron chi connectivity index (χ1n) is 6.39. The largest absolute Gasteiger partial charge is 0.481 e. The summed E-state index contributed by atoms with van der Waals surface area (Å²) >= 11 is 0. The van der Waals surface area contributed by atoms with Gasteiger partial charge in [0.05, 0.1) is 12.6 Å². The molecule has 1 unspecified atom stereocenters. The molecule has 1 amide bonds. The van der Waals surface area contributed by atoms with Gasteiger partial charge in [0.25, 0.3) is 0 Å². The van der Waals surface area contributed by atoms with Crippen LogP contribution < -0.4 is 0 Å². The zero-order valence-corrected chi connectivity index (χ0v) is 10.9. The third-order valence-corrected chi connectivity index (χ3v) is 3.23. The predicted molar refractivity (Wildman–Crippen MR) is 68.4 cm³/mol. The number of carboxylic acid groups (broad SMARTS) is 1. The van der Waals surface area contributed by atoms with Gasteiger partial charge in [0, 0.05) is 13.0 Å². The van der Waals surface area contributed by atoms with Crippen LogP contribution in [0.5, 0.6) is 0 Å². The van der Waals surface area contributed by atoms with Gasteiger partial charge in [-0.15, -0.1) is 0 Å². The molecule has 0 aliphatic carbocycles. The van der Waals surface area contributed by atoms with Crippen LogP contribution in [0.1, 0.15) is 18.4 Å². The molecule has 20 heavy (non-hydrogen) atoms. The van der Waals surface area contributed by atoms with E-state index in [1.54, 1.807) is 17.0 Å². The van der Waals surface area contributed by atoms with Gasteiger partial charge in [0.15, 0.2) is 0 Å². The van der Waals surface area contributed by atoms with Crippen LogP contribution in [-0.4, -0.2) is 41.1 Å². The van der Waals surface area contributed by atoms with Crippen LogP contribution in [-0.2, 0) is 20.9 Å². The molecule has 108 valence electrons. The number of morpholine rings is 1. The second-order valence-corrected chi connectivity index (χ2v) is 4.75. The first kappa shape index (κ1) is 14.5. The molecule has 1 heterocycles. The van der Waals surface area contributed by atoms with Gasteiger partial charge in [0.2, 0.25) is 5.91 Å². The molecule has 1 N–H and O–H groups in total. The number of rotatable bonds is 5. The summed E-state index contributed by atoms with van der Waals surface area (Å²) in [5, 5.41) is 8.73. The number of ether oxygens (including phenoxy) is 1. The van der Waals surface area contributed by atoms with Crippen LogP contribution in [0.4, 0.5) is 4.39 Å². The molecule has 0 aromatic heterocycles. The standard InChI is InChI=1S/C14H16FNO4/c15-11-3-1-2-10(6-11)7-16-12(4-5-14(18)19)8-20-9-13(16)17/h1-3,6,12H,4-5,7-9H2,(H,18,19). The lowest BCUT2D eigenvalue weighted by Gasteiger charge is -2.35. The molecule has 1 fully saturated rings. The summed E-state index contributed by atoms with van der Waals surface area (Å²) in [6.45, 7) is 0.567. The zero-order chi connectivity index (χ0) is 14.5. The van der Waals surface area contributed by atoms with Crippen molar-refractivity contribution in [3.05, 3.63) is 35.6 Å². The van der Waals surface area contributed by atoms with Crippen LogP contribution in [0.15, 0.2) is 24.3 Å². The number of hydrogen-bond donors (Lipinski definition) is 1. The number of carboxylic acids is 1. The molecule has 0 bridgehead atoms. The molecule has 1 saturated heterocycles. The Morgan fingerprint density at radius 3 is 3.00 bits per heavy atom. The topological polar surface area (TPSA) is 66.8 Å². The molecule has 6 heteroatoms. The molecule has 0 radical (unpaired) electrons. The van der Waals surface area contributed by atoms with Crippen LogP contribution in [0.3, 0.4) is 0 Å². The smallest absolute Gasteiger partial charge is 0.303 e. The number of halogens is 1. The summed E-state index contributed by atoms with van der Waals surface area (Å²) in [7, 11) is 0. The maximum Gasteiger partial charge on any atom is 0.303 e. The summed E-state index contributed by atoms with van der Waals surface area (Å²) in [5.74, 6) is -1.46. The van der Waals surface area contributed by atoms with E-state index in [9.17, 15) is 14.0 Å². The molecule has 1 aliphatic rings. The molecular weight excluding hydrogens is 265 g/mol. The fourth-order valence-corrected chi connectivity index (χ4v) is 2.24. The maximum absolute atomic E-state index is 13.2. The zero-order valence-electron chi connectivity index (χ0n) is 10.9. The second kappa shape index (κ2) is 6.47. The number of carbonyl (C=O) groups is 2. The lowest BCUT2D eigenvalue weighted by molar-refractivity contribution is -0.151. The second-order valence-electron chi connectivity index (χ2n) is 4.75. The van der Waals surface area contributed by atoms with E-state index in [1.807, 2.05) is 0 Å². The van der Waals surface area contributed by atoms with E-state index in [-0.39, 0.29) is 37.3 Å². The Hall–Kier alpha value is -1.95. The van der Waals surface area contributed by atoms with Gasteiger partial charge in [-0.05, 0) is 24.1 Å². The van der Waals surface area contributed by atoms with Crippen LogP contribution in [0.2, 0.25) is 0 Å². The lowest BCUT2D eigenvalue weighted by atomic mass is 10.1. The quantitative estimate of drug-likeness (QED) is 0.886. The molecule has 1 atom stereocenters. The van der Waals surface area contributed by atoms with E-state index in [0.717, 1.165) is 0 Å². The van der Waals surface area contributed by atoms with Crippen LogP contribution >= 0.6 is 0 Å². The van der Waals surface area contributed by atoms with Crippen LogP contribution in [0, 0.1) is 5.82 Å². The fraction of sp³-hybridized carbons (Fsp3) is 0.429. The summed E-state index contributed by atoms with van der Waals surface area (Å²) in [6, 6.07) is 5.75. The van der Waals surface area contributed by atoms with Gasteiger partial charge in [-0.1, -0.05) is 12.1 Å². The normalized spacial score (nSPS) is 19.1. The maximum atomic E-state index is 13.2. The fourth-order valence-electron chi connectivity index (χ4n) is 2.24. The number of aliphatic carboxylic acids is 1. The van der Waals surface area contributed by atoms with E-state index in [4.69, 9.17) is 9.84 Å².